The third kappa shape index (κ3) is 5.69. The first-order valence-corrected chi connectivity index (χ1v) is 9.35. The summed E-state index contributed by atoms with van der Waals surface area (Å²) in [5.41, 5.74) is 0.186. The van der Waals surface area contributed by atoms with Gasteiger partial charge in [0.05, 0.1) is 22.7 Å². The molecule has 11 heteroatoms. The fraction of sp³-hybridized carbons (Fsp3) is 0.0952. The molecule has 1 aromatic heterocycles. The van der Waals surface area contributed by atoms with Crippen LogP contribution in [0, 0.1) is 20.2 Å². The van der Waals surface area contributed by atoms with Gasteiger partial charge < -0.3 is 10.6 Å². The topological polar surface area (TPSA) is 157 Å². The van der Waals surface area contributed by atoms with Gasteiger partial charge in [0.25, 0.3) is 11.4 Å². The van der Waals surface area contributed by atoms with E-state index in [1.807, 2.05) is 0 Å². The van der Waals surface area contributed by atoms with Crippen LogP contribution in [0.15, 0.2) is 66.7 Å². The van der Waals surface area contributed by atoms with E-state index in [2.05, 4.69) is 15.6 Å². The minimum absolute atomic E-state index is 0.136. The van der Waals surface area contributed by atoms with E-state index in [9.17, 15) is 29.8 Å². The number of nitrogens with one attached hydrogen (secondary N) is 2. The van der Waals surface area contributed by atoms with Crippen molar-refractivity contribution in [3.05, 3.63) is 98.1 Å². The molecule has 0 saturated carbocycles. The number of nitro benzene ring substituents is 2. The molecule has 0 atom stereocenters. The number of nitrogens with zero attached hydrogens (tertiary/aromatic N) is 3. The van der Waals surface area contributed by atoms with E-state index in [0.717, 1.165) is 0 Å². The number of para-hydroxylation sites is 2. The molecule has 2 N–H and O–H groups in total. The molecule has 0 aliphatic carbocycles. The van der Waals surface area contributed by atoms with E-state index < -0.39 is 21.7 Å². The highest BCUT2D eigenvalue weighted by Gasteiger charge is 2.17. The van der Waals surface area contributed by atoms with Crippen LogP contribution in [0.1, 0.15) is 11.1 Å². The second-order valence-electron chi connectivity index (χ2n) is 6.63. The Morgan fingerprint density at radius 2 is 1.09 bits per heavy atom. The van der Waals surface area contributed by atoms with E-state index in [4.69, 9.17) is 0 Å². The lowest BCUT2D eigenvalue weighted by atomic mass is 10.1. The molecule has 3 rings (SSSR count). The highest BCUT2D eigenvalue weighted by atomic mass is 16.6. The van der Waals surface area contributed by atoms with Gasteiger partial charge in [-0.3, -0.25) is 29.8 Å². The monoisotopic (exact) mass is 435 g/mol. The molecule has 3 aromatic rings. The van der Waals surface area contributed by atoms with Gasteiger partial charge in [0.15, 0.2) is 0 Å². The average Bonchev–Trinajstić information content (AvgIpc) is 2.74. The third-order valence-electron chi connectivity index (χ3n) is 4.36. The lowest BCUT2D eigenvalue weighted by molar-refractivity contribution is -0.385. The van der Waals surface area contributed by atoms with E-state index in [1.165, 1.54) is 48.5 Å². The van der Waals surface area contributed by atoms with Crippen molar-refractivity contribution in [1.29, 1.82) is 0 Å². The van der Waals surface area contributed by atoms with Gasteiger partial charge >= 0.3 is 0 Å². The number of amides is 2. The summed E-state index contributed by atoms with van der Waals surface area (Å²) in [6.45, 7) is 0. The van der Waals surface area contributed by atoms with Crippen LogP contribution in [0.4, 0.5) is 23.0 Å². The molecule has 0 spiro atoms. The van der Waals surface area contributed by atoms with Crippen molar-refractivity contribution >= 4 is 34.8 Å². The maximum Gasteiger partial charge on any atom is 0.273 e. The van der Waals surface area contributed by atoms with Crippen molar-refractivity contribution in [2.45, 2.75) is 12.8 Å². The van der Waals surface area contributed by atoms with Crippen molar-refractivity contribution in [2.24, 2.45) is 0 Å². The Morgan fingerprint density at radius 1 is 0.688 bits per heavy atom. The zero-order chi connectivity index (χ0) is 23.1. The zero-order valence-electron chi connectivity index (χ0n) is 16.6. The summed E-state index contributed by atoms with van der Waals surface area (Å²) in [6.07, 6.45) is -0.458. The van der Waals surface area contributed by atoms with E-state index in [-0.39, 0.29) is 47.0 Å². The number of anilines is 2. The average molecular weight is 435 g/mol. The van der Waals surface area contributed by atoms with Crippen LogP contribution in [0.25, 0.3) is 0 Å². The molecule has 0 radical (unpaired) electrons. The maximum absolute atomic E-state index is 12.3. The van der Waals surface area contributed by atoms with E-state index in [0.29, 0.717) is 0 Å². The Labute approximate surface area is 181 Å². The number of carbonyl (C=O) groups is 2. The quantitative estimate of drug-likeness (QED) is 0.406. The highest BCUT2D eigenvalue weighted by molar-refractivity contribution is 5.94. The summed E-state index contributed by atoms with van der Waals surface area (Å²) in [5.74, 6) is -0.764. The number of hydrogen-bond acceptors (Lipinski definition) is 7. The third-order valence-corrected chi connectivity index (χ3v) is 4.36. The Hall–Kier alpha value is -4.67. The first kappa shape index (κ1) is 22.0. The Kier molecular flexibility index (Phi) is 6.81. The predicted octanol–water partition coefficient (Wildman–Crippen LogP) is 3.26. The van der Waals surface area contributed by atoms with Crippen LogP contribution in [0.2, 0.25) is 0 Å². The summed E-state index contributed by atoms with van der Waals surface area (Å²) >= 11 is 0. The van der Waals surface area contributed by atoms with Crippen LogP contribution in [0.3, 0.4) is 0 Å². The van der Waals surface area contributed by atoms with Gasteiger partial charge in [-0.1, -0.05) is 42.5 Å². The van der Waals surface area contributed by atoms with Crippen LogP contribution < -0.4 is 10.6 Å². The molecule has 0 fully saturated rings. The van der Waals surface area contributed by atoms with Crippen molar-refractivity contribution in [3.63, 3.8) is 0 Å². The zero-order valence-corrected chi connectivity index (χ0v) is 16.6. The molecule has 32 heavy (non-hydrogen) atoms. The van der Waals surface area contributed by atoms with Crippen LogP contribution >= 0.6 is 0 Å². The van der Waals surface area contributed by atoms with Gasteiger partial charge in [0, 0.05) is 23.3 Å². The number of benzene rings is 2. The largest absolute Gasteiger partial charge is 0.310 e. The highest BCUT2D eigenvalue weighted by Crippen LogP contribution is 2.20. The number of pyridine rings is 1. The van der Waals surface area contributed by atoms with Gasteiger partial charge in [-0.25, -0.2) is 4.98 Å². The van der Waals surface area contributed by atoms with Gasteiger partial charge in [0.1, 0.15) is 11.6 Å². The van der Waals surface area contributed by atoms with Gasteiger partial charge in [-0.15, -0.1) is 0 Å². The van der Waals surface area contributed by atoms with Gasteiger partial charge in [0.2, 0.25) is 11.8 Å². The molecule has 2 aromatic carbocycles. The normalized spacial score (nSPS) is 10.2. The summed E-state index contributed by atoms with van der Waals surface area (Å²) < 4.78 is 0. The second kappa shape index (κ2) is 9.89. The predicted molar refractivity (Wildman–Crippen MR) is 115 cm³/mol. The van der Waals surface area contributed by atoms with Crippen LogP contribution in [0.5, 0.6) is 0 Å². The summed E-state index contributed by atoms with van der Waals surface area (Å²) in [6, 6.07) is 16.4. The number of hydrogen-bond donors (Lipinski definition) is 2. The lowest BCUT2D eigenvalue weighted by Gasteiger charge is -2.08. The fourth-order valence-electron chi connectivity index (χ4n) is 2.97. The lowest BCUT2D eigenvalue weighted by Crippen LogP contribution is -2.18. The SMILES string of the molecule is O=C(Cc1ccccc1[N+](=O)[O-])Nc1cccc(NC(=O)Cc2ccccc2[N+](=O)[O-])n1. The minimum atomic E-state index is -0.561. The number of aromatic nitrogens is 1. The van der Waals surface area contributed by atoms with Crippen molar-refractivity contribution in [3.8, 4) is 0 Å². The standard InChI is InChI=1S/C21H17N5O6/c27-20(12-14-6-1-3-8-16(14)25(29)30)23-18-10-5-11-19(22-18)24-21(28)13-15-7-2-4-9-17(15)26(31)32/h1-11H,12-13H2,(H2,22,23,24,27,28). The Bertz CT molecular complexity index is 1110. The summed E-state index contributed by atoms with van der Waals surface area (Å²) in [7, 11) is 0. The van der Waals surface area contributed by atoms with E-state index >= 15 is 0 Å². The molecule has 0 aliphatic rings. The number of nitro groups is 2. The summed E-state index contributed by atoms with van der Waals surface area (Å²) in [5, 5.41) is 27.2. The minimum Gasteiger partial charge on any atom is -0.310 e. The van der Waals surface area contributed by atoms with Crippen LogP contribution in [-0.2, 0) is 22.4 Å². The van der Waals surface area contributed by atoms with Gasteiger partial charge in [-0.2, -0.15) is 0 Å². The van der Waals surface area contributed by atoms with Crippen LogP contribution in [-0.4, -0.2) is 26.6 Å². The Morgan fingerprint density at radius 3 is 1.50 bits per heavy atom. The Balaban J connectivity index is 1.64. The first-order valence-electron chi connectivity index (χ1n) is 9.35. The van der Waals surface area contributed by atoms with Crippen molar-refractivity contribution in [2.75, 3.05) is 10.6 Å². The molecule has 11 nitrogen and oxygen atoms in total. The molecule has 0 aliphatic heterocycles. The number of rotatable bonds is 8. The molecule has 0 saturated heterocycles. The van der Waals surface area contributed by atoms with Crippen molar-refractivity contribution < 1.29 is 19.4 Å². The molecular formula is C21H17N5O6. The van der Waals surface area contributed by atoms with Gasteiger partial charge in [-0.05, 0) is 12.1 Å². The second-order valence-corrected chi connectivity index (χ2v) is 6.63. The number of carbonyl (C=O) groups excluding carboxylic acids is 2. The molecule has 1 heterocycles. The molecule has 2 amide bonds. The summed E-state index contributed by atoms with van der Waals surface area (Å²) in [4.78, 5) is 49.8. The molecule has 162 valence electrons. The first-order chi connectivity index (χ1) is 15.3. The molecule has 0 bridgehead atoms. The smallest absolute Gasteiger partial charge is 0.273 e. The maximum atomic E-state index is 12.3. The van der Waals surface area contributed by atoms with E-state index in [1.54, 1.807) is 18.2 Å². The molecular weight excluding hydrogens is 418 g/mol. The fourth-order valence-corrected chi connectivity index (χ4v) is 2.97. The molecule has 0 unspecified atom stereocenters. The van der Waals surface area contributed by atoms with Crippen molar-refractivity contribution in [1.82, 2.24) is 4.98 Å².